The lowest BCUT2D eigenvalue weighted by Gasteiger charge is -2.11. The Morgan fingerprint density at radius 1 is 1.00 bits per heavy atom. The predicted molar refractivity (Wildman–Crippen MR) is 102 cm³/mol. The number of aliphatic carboxylic acids is 1. The highest BCUT2D eigenvalue weighted by Crippen LogP contribution is 2.29. The van der Waals surface area contributed by atoms with Crippen LogP contribution in [-0.4, -0.2) is 41.4 Å². The molecular weight excluding hydrogens is 362 g/mol. The van der Waals surface area contributed by atoms with Crippen molar-refractivity contribution in [3.63, 3.8) is 0 Å². The third-order valence-electron chi connectivity index (χ3n) is 4.45. The van der Waals surface area contributed by atoms with E-state index in [1.807, 2.05) is 28.8 Å². The second-order valence-electron chi connectivity index (χ2n) is 6.21. The number of hydrogen-bond acceptors (Lipinski definition) is 5. The van der Waals surface area contributed by atoms with Crippen molar-refractivity contribution in [2.45, 2.75) is 13.0 Å². The summed E-state index contributed by atoms with van der Waals surface area (Å²) in [4.78, 5) is 34.7. The Kier molecular flexibility index (Phi) is 5.44. The lowest BCUT2D eigenvalue weighted by molar-refractivity contribution is -0.148. The molecule has 1 heterocycles. The van der Waals surface area contributed by atoms with E-state index < -0.39 is 24.0 Å². The van der Waals surface area contributed by atoms with Crippen molar-refractivity contribution in [1.29, 1.82) is 0 Å². The quantitative estimate of drug-likeness (QED) is 0.366. The Morgan fingerprint density at radius 3 is 2.39 bits per heavy atom. The standard InChI is InChI=1S/C21H19NO6/c1-27-19-8-7-13(9-20(19)28-2)11-22-12-15(14-5-3-4-6-16(14)22)17(23)10-18(24)21(25)26/h3-9,12H,10-11H2,1-2H3,(H,25,26). The highest BCUT2D eigenvalue weighted by Gasteiger charge is 2.21. The first kappa shape index (κ1) is 19.2. The minimum absolute atomic E-state index is 0.325. The van der Waals surface area contributed by atoms with E-state index in [9.17, 15) is 14.4 Å². The summed E-state index contributed by atoms with van der Waals surface area (Å²) >= 11 is 0. The van der Waals surface area contributed by atoms with Crippen molar-refractivity contribution in [2.75, 3.05) is 14.2 Å². The summed E-state index contributed by atoms with van der Waals surface area (Å²) in [5.74, 6) is -2.04. The van der Waals surface area contributed by atoms with Crippen LogP contribution in [0.4, 0.5) is 0 Å². The number of benzene rings is 2. The maximum atomic E-state index is 12.5. The number of aromatic nitrogens is 1. The largest absolute Gasteiger partial charge is 0.493 e. The highest BCUT2D eigenvalue weighted by molar-refractivity contribution is 6.37. The molecule has 0 radical (unpaired) electrons. The molecule has 3 rings (SSSR count). The highest BCUT2D eigenvalue weighted by atomic mass is 16.5. The summed E-state index contributed by atoms with van der Waals surface area (Å²) in [5.41, 5.74) is 2.06. The molecule has 3 aromatic rings. The molecule has 0 amide bonds. The van der Waals surface area contributed by atoms with Crippen LogP contribution in [0, 0.1) is 0 Å². The van der Waals surface area contributed by atoms with E-state index in [0.717, 1.165) is 11.1 Å². The molecule has 144 valence electrons. The minimum atomic E-state index is -1.61. The number of carboxylic acids is 1. The number of nitrogens with zero attached hydrogens (tertiary/aromatic N) is 1. The zero-order valence-electron chi connectivity index (χ0n) is 15.5. The second kappa shape index (κ2) is 7.96. The molecule has 0 aliphatic rings. The molecule has 0 aliphatic carbocycles. The Bertz CT molecular complexity index is 1070. The minimum Gasteiger partial charge on any atom is -0.493 e. The molecule has 7 nitrogen and oxygen atoms in total. The molecule has 0 saturated carbocycles. The molecule has 28 heavy (non-hydrogen) atoms. The number of carboxylic acid groups (broad SMARTS) is 1. The van der Waals surface area contributed by atoms with Crippen LogP contribution in [0.2, 0.25) is 0 Å². The number of carbonyl (C=O) groups is 3. The zero-order chi connectivity index (χ0) is 20.3. The number of para-hydroxylation sites is 1. The van der Waals surface area contributed by atoms with Gasteiger partial charge in [-0.3, -0.25) is 9.59 Å². The van der Waals surface area contributed by atoms with Crippen LogP contribution in [0.1, 0.15) is 22.3 Å². The average Bonchev–Trinajstić information content (AvgIpc) is 3.06. The van der Waals surface area contributed by atoms with Crippen LogP contribution in [0.5, 0.6) is 11.5 Å². The predicted octanol–water partition coefficient (Wildman–Crippen LogP) is 2.93. The van der Waals surface area contributed by atoms with Gasteiger partial charge in [0, 0.05) is 29.2 Å². The van der Waals surface area contributed by atoms with Gasteiger partial charge in [0.2, 0.25) is 5.78 Å². The summed E-state index contributed by atoms with van der Waals surface area (Å²) < 4.78 is 12.5. The first-order chi connectivity index (χ1) is 13.4. The van der Waals surface area contributed by atoms with Gasteiger partial charge in [0.25, 0.3) is 0 Å². The van der Waals surface area contributed by atoms with Crippen LogP contribution in [-0.2, 0) is 16.1 Å². The van der Waals surface area contributed by atoms with Gasteiger partial charge in [-0.15, -0.1) is 0 Å². The van der Waals surface area contributed by atoms with Gasteiger partial charge < -0.3 is 19.1 Å². The van der Waals surface area contributed by atoms with Crippen molar-refractivity contribution in [2.24, 2.45) is 0 Å². The molecule has 0 atom stereocenters. The average molecular weight is 381 g/mol. The maximum Gasteiger partial charge on any atom is 0.372 e. The third kappa shape index (κ3) is 3.73. The van der Waals surface area contributed by atoms with Gasteiger partial charge in [-0.05, 0) is 23.8 Å². The van der Waals surface area contributed by atoms with Crippen molar-refractivity contribution < 1.29 is 29.0 Å². The fourth-order valence-electron chi connectivity index (χ4n) is 3.09. The van der Waals surface area contributed by atoms with Crippen LogP contribution >= 0.6 is 0 Å². The second-order valence-corrected chi connectivity index (χ2v) is 6.21. The molecule has 0 saturated heterocycles. The zero-order valence-corrected chi connectivity index (χ0v) is 15.5. The number of methoxy groups -OCH3 is 2. The molecular formula is C21H19NO6. The summed E-state index contributed by atoms with van der Waals surface area (Å²) in [6.07, 6.45) is 0.985. The van der Waals surface area contributed by atoms with E-state index in [-0.39, 0.29) is 0 Å². The number of hydrogen-bond donors (Lipinski definition) is 1. The van der Waals surface area contributed by atoms with E-state index in [4.69, 9.17) is 14.6 Å². The number of rotatable bonds is 8. The van der Waals surface area contributed by atoms with E-state index >= 15 is 0 Å². The van der Waals surface area contributed by atoms with E-state index in [0.29, 0.717) is 29.0 Å². The Morgan fingerprint density at radius 2 is 1.71 bits per heavy atom. The number of Topliss-reactive ketones (excluding diaryl/α,β-unsaturated/α-hetero) is 2. The number of ketones is 2. The lowest BCUT2D eigenvalue weighted by Crippen LogP contribution is -2.17. The monoisotopic (exact) mass is 381 g/mol. The SMILES string of the molecule is COc1ccc(Cn2cc(C(=O)CC(=O)C(=O)O)c3ccccc32)cc1OC. The molecule has 2 aromatic carbocycles. The van der Waals surface area contributed by atoms with Gasteiger partial charge in [0.15, 0.2) is 17.3 Å². The molecule has 0 bridgehead atoms. The van der Waals surface area contributed by atoms with Crippen LogP contribution in [0.3, 0.4) is 0 Å². The van der Waals surface area contributed by atoms with Gasteiger partial charge in [-0.25, -0.2) is 4.79 Å². The molecule has 7 heteroatoms. The van der Waals surface area contributed by atoms with Crippen molar-refractivity contribution in [3.05, 3.63) is 59.8 Å². The Balaban J connectivity index is 1.98. The maximum absolute atomic E-state index is 12.5. The number of ether oxygens (including phenoxy) is 2. The van der Waals surface area contributed by atoms with Crippen LogP contribution in [0.15, 0.2) is 48.7 Å². The number of carbonyl (C=O) groups excluding carboxylic acids is 2. The number of fused-ring (bicyclic) bond motifs is 1. The summed E-state index contributed by atoms with van der Waals surface area (Å²) in [5, 5.41) is 9.43. The third-order valence-corrected chi connectivity index (χ3v) is 4.45. The van der Waals surface area contributed by atoms with Crippen LogP contribution in [0.25, 0.3) is 10.9 Å². The molecule has 0 aliphatic heterocycles. The first-order valence-corrected chi connectivity index (χ1v) is 8.52. The van der Waals surface area contributed by atoms with Gasteiger partial charge in [0.1, 0.15) is 0 Å². The Labute approximate surface area is 161 Å². The summed E-state index contributed by atoms with van der Waals surface area (Å²) in [7, 11) is 3.12. The van der Waals surface area contributed by atoms with Crippen molar-refractivity contribution in [1.82, 2.24) is 4.57 Å². The fraction of sp³-hybridized carbons (Fsp3) is 0.190. The van der Waals surface area contributed by atoms with Crippen molar-refractivity contribution >= 4 is 28.4 Å². The van der Waals surface area contributed by atoms with E-state index in [1.54, 1.807) is 38.6 Å². The fourth-order valence-corrected chi connectivity index (χ4v) is 3.09. The first-order valence-electron chi connectivity index (χ1n) is 8.52. The normalized spacial score (nSPS) is 10.6. The summed E-state index contributed by atoms with van der Waals surface area (Å²) in [6.45, 7) is 0.459. The Hall–Kier alpha value is -3.61. The van der Waals surface area contributed by atoms with Gasteiger partial charge in [0.05, 0.1) is 20.6 Å². The molecule has 0 spiro atoms. The smallest absolute Gasteiger partial charge is 0.372 e. The molecule has 1 aromatic heterocycles. The molecule has 1 N–H and O–H groups in total. The molecule has 0 fully saturated rings. The molecule has 0 unspecified atom stereocenters. The lowest BCUT2D eigenvalue weighted by atomic mass is 10.1. The van der Waals surface area contributed by atoms with Gasteiger partial charge >= 0.3 is 5.97 Å². The van der Waals surface area contributed by atoms with E-state index in [1.165, 1.54) is 0 Å². The summed E-state index contributed by atoms with van der Waals surface area (Å²) in [6, 6.07) is 12.8. The van der Waals surface area contributed by atoms with Gasteiger partial charge in [-0.2, -0.15) is 0 Å². The van der Waals surface area contributed by atoms with Gasteiger partial charge in [-0.1, -0.05) is 24.3 Å². The topological polar surface area (TPSA) is 94.8 Å². The van der Waals surface area contributed by atoms with E-state index in [2.05, 4.69) is 0 Å². The van der Waals surface area contributed by atoms with Crippen molar-refractivity contribution in [3.8, 4) is 11.5 Å². The van der Waals surface area contributed by atoms with Crippen LogP contribution < -0.4 is 9.47 Å².